The molecule has 12 heteroatoms. The quantitative estimate of drug-likeness (QED) is 0.252. The summed E-state index contributed by atoms with van der Waals surface area (Å²) in [5.41, 5.74) is 11.5. The molecule has 9 rings (SSSR count). The average molecular weight is 678 g/mol. The molecule has 4 fully saturated rings. The fourth-order valence-corrected chi connectivity index (χ4v) is 8.46. The predicted octanol–water partition coefficient (Wildman–Crippen LogP) is 4.86. The van der Waals surface area contributed by atoms with E-state index in [9.17, 15) is 14.7 Å². The van der Waals surface area contributed by atoms with Crippen LogP contribution in [0.5, 0.6) is 5.75 Å². The first-order chi connectivity index (χ1) is 24.2. The highest BCUT2D eigenvalue weighted by Crippen LogP contribution is 2.40. The zero-order valence-corrected chi connectivity index (χ0v) is 28.2. The number of nitrogens with zero attached hydrogens (tertiary/aromatic N) is 6. The molecule has 3 N–H and O–H groups in total. The van der Waals surface area contributed by atoms with Gasteiger partial charge in [0.25, 0.3) is 11.8 Å². The lowest BCUT2D eigenvalue weighted by atomic mass is 10.0. The van der Waals surface area contributed by atoms with Crippen LogP contribution in [0.4, 0.5) is 10.1 Å². The number of aliphatic hydroxyl groups excluding tert-OH is 1. The number of carbonyl (C=O) groups excluding carboxylic acids is 2. The molecule has 258 valence electrons. The van der Waals surface area contributed by atoms with Crippen molar-refractivity contribution in [2.24, 2.45) is 24.6 Å². The van der Waals surface area contributed by atoms with Crippen LogP contribution < -0.4 is 15.4 Å². The zero-order chi connectivity index (χ0) is 34.4. The van der Waals surface area contributed by atoms with Crippen molar-refractivity contribution in [3.8, 4) is 28.5 Å². The number of rotatable bonds is 7. The number of amides is 2. The molecule has 0 radical (unpaired) electrons. The Kier molecular flexibility index (Phi) is 7.25. The van der Waals surface area contributed by atoms with Crippen molar-refractivity contribution >= 4 is 39.6 Å². The van der Waals surface area contributed by atoms with Crippen LogP contribution in [-0.4, -0.2) is 79.3 Å². The number of ether oxygens (including phenoxy) is 1. The second-order valence-electron chi connectivity index (χ2n) is 14.5. The number of fused-ring (bicyclic) bond motifs is 4. The Morgan fingerprint density at radius 1 is 1.06 bits per heavy atom. The van der Waals surface area contributed by atoms with Gasteiger partial charge in [0.2, 0.25) is 0 Å². The SMILES string of the molecule is COc1cc(C(=O)N2CC3CCC2[C@@H]3N)cc2nc(-c3cc4ccc(-c5ccc(N6CCCC(O)C6=O)c(F)c5)nc4n3CC3CC3)n(C)c12. The topological polar surface area (TPSA) is 132 Å². The molecule has 2 saturated carbocycles. The highest BCUT2D eigenvalue weighted by molar-refractivity contribution is 6.01. The smallest absolute Gasteiger partial charge is 0.255 e. The summed E-state index contributed by atoms with van der Waals surface area (Å²) >= 11 is 0. The van der Waals surface area contributed by atoms with Crippen LogP contribution in [0.2, 0.25) is 0 Å². The minimum absolute atomic E-state index is 0.0344. The number of imidazole rings is 1. The standard InChI is InChI=1S/C38H40FN7O4/c1-43-34-27(15-24(17-32(34)50-2)37(48)46-19-23-9-12-29(46)33(23)40)42-36(43)30-16-22-7-10-26(41-35(22)45(30)18-20-5-6-20)21-8-11-28(25(39)14-21)44-13-3-4-31(47)38(44)49/h7-8,10-11,14-17,20,23,29,31,33,47H,3-6,9,12-13,18-19,40H2,1-2H3/t23?,29?,31?,33-/m1/s1. The van der Waals surface area contributed by atoms with Gasteiger partial charge in [-0.2, -0.15) is 0 Å². The third-order valence-corrected chi connectivity index (χ3v) is 11.4. The normalized spacial score (nSPS) is 23.5. The molecule has 2 aromatic carbocycles. The molecule has 2 saturated heterocycles. The summed E-state index contributed by atoms with van der Waals surface area (Å²) in [5, 5.41) is 11.0. The van der Waals surface area contributed by atoms with E-state index in [0.717, 1.165) is 60.3 Å². The van der Waals surface area contributed by atoms with E-state index >= 15 is 4.39 Å². The molecule has 50 heavy (non-hydrogen) atoms. The van der Waals surface area contributed by atoms with Gasteiger partial charge in [-0.05, 0) is 92.8 Å². The van der Waals surface area contributed by atoms with Crippen molar-refractivity contribution in [2.45, 2.75) is 63.3 Å². The van der Waals surface area contributed by atoms with E-state index in [-0.39, 0.29) is 23.7 Å². The number of pyridine rings is 1. The van der Waals surface area contributed by atoms with Crippen LogP contribution in [0.15, 0.2) is 48.5 Å². The fraction of sp³-hybridized carbons (Fsp3) is 0.421. The van der Waals surface area contributed by atoms with Gasteiger partial charge in [0.15, 0.2) is 5.82 Å². The maximum absolute atomic E-state index is 15.5. The van der Waals surface area contributed by atoms with E-state index in [1.807, 2.05) is 40.8 Å². The first kappa shape index (κ1) is 31.2. The Hall–Kier alpha value is -4.81. The number of nitrogens with two attached hydrogens (primary N) is 1. The number of methoxy groups -OCH3 is 1. The molecule has 3 aromatic heterocycles. The number of aryl methyl sites for hydroxylation is 1. The molecular formula is C38H40FN7O4. The van der Waals surface area contributed by atoms with E-state index in [0.29, 0.717) is 65.9 Å². The Balaban J connectivity index is 1.10. The molecule has 4 atom stereocenters. The molecule has 2 aliphatic carbocycles. The van der Waals surface area contributed by atoms with E-state index in [1.165, 1.54) is 11.0 Å². The first-order valence-corrected chi connectivity index (χ1v) is 17.6. The third-order valence-electron chi connectivity index (χ3n) is 11.4. The number of piperidine rings is 2. The van der Waals surface area contributed by atoms with Crippen LogP contribution in [-0.2, 0) is 18.4 Å². The van der Waals surface area contributed by atoms with Crippen LogP contribution >= 0.6 is 0 Å². The predicted molar refractivity (Wildman–Crippen MR) is 187 cm³/mol. The summed E-state index contributed by atoms with van der Waals surface area (Å²) in [6.07, 6.45) is 4.18. The van der Waals surface area contributed by atoms with E-state index < -0.39 is 17.8 Å². The third kappa shape index (κ3) is 4.91. The van der Waals surface area contributed by atoms with Gasteiger partial charge in [-0.3, -0.25) is 9.59 Å². The summed E-state index contributed by atoms with van der Waals surface area (Å²) in [7, 11) is 3.57. The number of benzene rings is 2. The molecule has 2 bridgehead atoms. The minimum atomic E-state index is -1.10. The number of aromatic nitrogens is 4. The summed E-state index contributed by atoms with van der Waals surface area (Å²) in [6, 6.07) is 14.5. The van der Waals surface area contributed by atoms with Gasteiger partial charge in [0.05, 0.1) is 29.7 Å². The van der Waals surface area contributed by atoms with Gasteiger partial charge in [-0.1, -0.05) is 6.07 Å². The molecule has 0 spiro atoms. The molecule has 2 amide bonds. The molecule has 3 unspecified atom stereocenters. The minimum Gasteiger partial charge on any atom is -0.494 e. The van der Waals surface area contributed by atoms with Crippen LogP contribution in [0, 0.1) is 17.7 Å². The van der Waals surface area contributed by atoms with Crippen molar-refractivity contribution in [3.63, 3.8) is 0 Å². The second kappa shape index (κ2) is 11.6. The number of aliphatic hydroxyl groups is 1. The van der Waals surface area contributed by atoms with Gasteiger partial charge >= 0.3 is 0 Å². The number of likely N-dealkylation sites (tertiary alicyclic amines) is 1. The van der Waals surface area contributed by atoms with Gasteiger partial charge in [-0.25, -0.2) is 14.4 Å². The first-order valence-electron chi connectivity index (χ1n) is 17.6. The van der Waals surface area contributed by atoms with Crippen molar-refractivity contribution in [2.75, 3.05) is 25.1 Å². The maximum Gasteiger partial charge on any atom is 0.255 e. The molecular weight excluding hydrogens is 637 g/mol. The summed E-state index contributed by atoms with van der Waals surface area (Å²) < 4.78 is 25.6. The molecule has 4 aliphatic rings. The van der Waals surface area contributed by atoms with Crippen molar-refractivity contribution in [1.82, 2.24) is 24.0 Å². The van der Waals surface area contributed by atoms with Gasteiger partial charge in [-0.15, -0.1) is 0 Å². The Bertz CT molecular complexity index is 2210. The van der Waals surface area contributed by atoms with Gasteiger partial charge < -0.3 is 34.5 Å². The van der Waals surface area contributed by atoms with Crippen molar-refractivity contribution in [1.29, 1.82) is 0 Å². The highest BCUT2D eigenvalue weighted by Gasteiger charge is 2.47. The maximum atomic E-state index is 15.5. The van der Waals surface area contributed by atoms with Crippen molar-refractivity contribution in [3.05, 3.63) is 59.9 Å². The fourth-order valence-electron chi connectivity index (χ4n) is 8.46. The average Bonchev–Trinajstić information content (AvgIpc) is 3.52. The lowest BCUT2D eigenvalue weighted by Crippen LogP contribution is -2.44. The zero-order valence-electron chi connectivity index (χ0n) is 28.2. The number of hydrogen-bond acceptors (Lipinski definition) is 7. The Morgan fingerprint density at radius 3 is 2.62 bits per heavy atom. The van der Waals surface area contributed by atoms with Crippen LogP contribution in [0.1, 0.15) is 48.9 Å². The van der Waals surface area contributed by atoms with E-state index in [2.05, 4.69) is 10.6 Å². The van der Waals surface area contributed by atoms with E-state index in [4.69, 9.17) is 20.4 Å². The molecule has 11 nitrogen and oxygen atoms in total. The van der Waals surface area contributed by atoms with Crippen LogP contribution in [0.25, 0.3) is 44.8 Å². The summed E-state index contributed by atoms with van der Waals surface area (Å²) in [4.78, 5) is 39.7. The lowest BCUT2D eigenvalue weighted by molar-refractivity contribution is -0.128. The van der Waals surface area contributed by atoms with Gasteiger partial charge in [0, 0.05) is 55.3 Å². The van der Waals surface area contributed by atoms with E-state index in [1.54, 1.807) is 19.2 Å². The second-order valence-corrected chi connectivity index (χ2v) is 14.5. The summed E-state index contributed by atoms with van der Waals surface area (Å²) in [5.74, 6) is 1.15. The molecule has 5 heterocycles. The summed E-state index contributed by atoms with van der Waals surface area (Å²) in [6.45, 7) is 1.82. The molecule has 5 aromatic rings. The van der Waals surface area contributed by atoms with Gasteiger partial charge in [0.1, 0.15) is 28.8 Å². The number of carbonyl (C=O) groups is 2. The lowest BCUT2D eigenvalue weighted by Gasteiger charge is -2.30. The van der Waals surface area contributed by atoms with Crippen LogP contribution in [0.3, 0.4) is 0 Å². The number of halogens is 1. The Labute approximate surface area is 288 Å². The van der Waals surface area contributed by atoms with Crippen molar-refractivity contribution < 1.29 is 23.8 Å². The highest BCUT2D eigenvalue weighted by atomic mass is 19.1. The Morgan fingerprint density at radius 2 is 1.90 bits per heavy atom. The molecule has 2 aliphatic heterocycles. The number of hydrogen-bond donors (Lipinski definition) is 2. The largest absolute Gasteiger partial charge is 0.494 e. The monoisotopic (exact) mass is 677 g/mol. The number of anilines is 1.